The third-order valence-electron chi connectivity index (χ3n) is 5.72. The van der Waals surface area contributed by atoms with Crippen molar-refractivity contribution in [2.75, 3.05) is 24.2 Å². The van der Waals surface area contributed by atoms with E-state index in [1.807, 2.05) is 18.2 Å². The van der Waals surface area contributed by atoms with Gasteiger partial charge in [-0.3, -0.25) is 13.9 Å². The van der Waals surface area contributed by atoms with E-state index in [1.54, 1.807) is 12.1 Å². The van der Waals surface area contributed by atoms with Crippen LogP contribution in [0.3, 0.4) is 0 Å². The van der Waals surface area contributed by atoms with Gasteiger partial charge in [-0.25, -0.2) is 12.8 Å². The van der Waals surface area contributed by atoms with E-state index < -0.39 is 40.2 Å². The van der Waals surface area contributed by atoms with Crippen LogP contribution in [-0.4, -0.2) is 51.0 Å². The molecule has 0 spiro atoms. The summed E-state index contributed by atoms with van der Waals surface area (Å²) in [6.07, 6.45) is 1.07. The summed E-state index contributed by atoms with van der Waals surface area (Å²) in [5, 5.41) is 2.70. The van der Waals surface area contributed by atoms with Crippen LogP contribution in [0.25, 0.3) is 0 Å². The van der Waals surface area contributed by atoms with E-state index in [0.29, 0.717) is 5.56 Å². The molecule has 2 amide bonds. The van der Waals surface area contributed by atoms with Gasteiger partial charge in [0, 0.05) is 20.0 Å². The number of carbonyl (C=O) groups is 2. The van der Waals surface area contributed by atoms with Crippen LogP contribution in [0.2, 0.25) is 15.1 Å². The van der Waals surface area contributed by atoms with Gasteiger partial charge in [0.25, 0.3) is 0 Å². The molecule has 3 aromatic rings. The summed E-state index contributed by atoms with van der Waals surface area (Å²) in [5.74, 6) is -1.61. The molecule has 0 saturated heterocycles. The SMILES string of the molecule is CNC(=O)[C@@H](Cc1ccccc1)N(Cc1ccc(F)cc1)C(=O)CN(c1cc(Cl)c(Cl)cc1Cl)S(C)(=O)=O. The first-order chi connectivity index (χ1) is 17.9. The normalized spacial score (nSPS) is 12.1. The van der Waals surface area contributed by atoms with Crippen molar-refractivity contribution in [3.63, 3.8) is 0 Å². The minimum atomic E-state index is -4.04. The summed E-state index contributed by atoms with van der Waals surface area (Å²) in [6, 6.07) is 16.0. The Morgan fingerprint density at radius 3 is 2.11 bits per heavy atom. The second-order valence-electron chi connectivity index (χ2n) is 8.46. The van der Waals surface area contributed by atoms with Crippen molar-refractivity contribution < 1.29 is 22.4 Å². The predicted octanol–water partition coefficient (Wildman–Crippen LogP) is 4.94. The number of carbonyl (C=O) groups excluding carboxylic acids is 2. The van der Waals surface area contributed by atoms with Gasteiger partial charge < -0.3 is 10.2 Å². The minimum Gasteiger partial charge on any atom is -0.357 e. The fourth-order valence-electron chi connectivity index (χ4n) is 3.81. The molecule has 0 fully saturated rings. The number of halogens is 4. The van der Waals surface area contributed by atoms with E-state index in [1.165, 1.54) is 48.3 Å². The maximum absolute atomic E-state index is 13.8. The van der Waals surface area contributed by atoms with Crippen LogP contribution < -0.4 is 9.62 Å². The molecule has 0 aliphatic carbocycles. The Bertz CT molecular complexity index is 1410. The van der Waals surface area contributed by atoms with Crippen LogP contribution in [0, 0.1) is 5.82 Å². The van der Waals surface area contributed by atoms with Gasteiger partial charge in [-0.15, -0.1) is 0 Å². The maximum atomic E-state index is 13.8. The highest BCUT2D eigenvalue weighted by atomic mass is 35.5. The smallest absolute Gasteiger partial charge is 0.244 e. The minimum absolute atomic E-state index is 0.0325. The van der Waals surface area contributed by atoms with E-state index in [-0.39, 0.29) is 33.7 Å². The number of rotatable bonds is 10. The largest absolute Gasteiger partial charge is 0.357 e. The zero-order valence-corrected chi connectivity index (χ0v) is 23.6. The summed E-state index contributed by atoms with van der Waals surface area (Å²) in [4.78, 5) is 28.1. The molecule has 0 aromatic heterocycles. The van der Waals surface area contributed by atoms with E-state index >= 15 is 0 Å². The second kappa shape index (κ2) is 12.8. The van der Waals surface area contributed by atoms with Crippen LogP contribution in [0.1, 0.15) is 11.1 Å². The van der Waals surface area contributed by atoms with Gasteiger partial charge in [0.1, 0.15) is 18.4 Å². The molecule has 3 aromatic carbocycles. The Balaban J connectivity index is 2.06. The first-order valence-corrected chi connectivity index (χ1v) is 14.3. The van der Waals surface area contributed by atoms with Crippen molar-refractivity contribution in [2.24, 2.45) is 0 Å². The van der Waals surface area contributed by atoms with Gasteiger partial charge in [-0.2, -0.15) is 0 Å². The molecule has 0 radical (unpaired) electrons. The van der Waals surface area contributed by atoms with Gasteiger partial charge in [0.05, 0.1) is 27.0 Å². The lowest BCUT2D eigenvalue weighted by atomic mass is 10.0. The van der Waals surface area contributed by atoms with E-state index in [4.69, 9.17) is 34.8 Å². The maximum Gasteiger partial charge on any atom is 0.244 e. The Hall–Kier alpha value is -2.85. The van der Waals surface area contributed by atoms with Crippen LogP contribution in [0.4, 0.5) is 10.1 Å². The number of benzene rings is 3. The van der Waals surface area contributed by atoms with Crippen LogP contribution in [-0.2, 0) is 32.6 Å². The summed E-state index contributed by atoms with van der Waals surface area (Å²) in [5.41, 5.74) is 1.28. The quantitative estimate of drug-likeness (QED) is 0.334. The van der Waals surface area contributed by atoms with E-state index in [2.05, 4.69) is 5.32 Å². The zero-order valence-electron chi connectivity index (χ0n) is 20.5. The standard InChI is InChI=1S/C26H25Cl3FN3O4S/c1-31-26(35)24(12-17-6-4-3-5-7-17)32(15-18-8-10-19(30)11-9-18)25(34)16-33(38(2,36)37)23-14-21(28)20(27)13-22(23)29/h3-11,13-14,24H,12,15-16H2,1-2H3,(H,31,35)/t24-/m1/s1. The summed E-state index contributed by atoms with van der Waals surface area (Å²) >= 11 is 18.4. The summed E-state index contributed by atoms with van der Waals surface area (Å²) < 4.78 is 39.9. The lowest BCUT2D eigenvalue weighted by molar-refractivity contribution is -0.139. The fraction of sp³-hybridized carbons (Fsp3) is 0.231. The molecule has 3 rings (SSSR count). The molecule has 0 unspecified atom stereocenters. The molecule has 1 N–H and O–H groups in total. The number of amides is 2. The molecule has 12 heteroatoms. The Kier molecular flexibility index (Phi) is 10.0. The second-order valence-corrected chi connectivity index (χ2v) is 11.6. The monoisotopic (exact) mass is 599 g/mol. The van der Waals surface area contributed by atoms with Crippen LogP contribution in [0.15, 0.2) is 66.7 Å². The summed E-state index contributed by atoms with van der Waals surface area (Å²) in [6.45, 7) is -0.767. The molecule has 0 aliphatic heterocycles. The Labute approximate surface area is 236 Å². The van der Waals surface area contributed by atoms with Gasteiger partial charge in [0.15, 0.2) is 0 Å². The fourth-order valence-corrected chi connectivity index (χ4v) is 5.35. The number of hydrogen-bond donors (Lipinski definition) is 1. The lowest BCUT2D eigenvalue weighted by Crippen LogP contribution is -2.52. The lowest BCUT2D eigenvalue weighted by Gasteiger charge is -2.33. The van der Waals surface area contributed by atoms with Gasteiger partial charge in [-0.1, -0.05) is 77.3 Å². The van der Waals surface area contributed by atoms with E-state index in [0.717, 1.165) is 16.1 Å². The highest BCUT2D eigenvalue weighted by Crippen LogP contribution is 2.35. The molecule has 0 aliphatic rings. The third-order valence-corrected chi connectivity index (χ3v) is 7.87. The number of likely N-dealkylation sites (N-methyl/N-ethyl adjacent to an activating group) is 1. The van der Waals surface area contributed by atoms with Crippen molar-refractivity contribution in [3.05, 3.63) is 98.7 Å². The van der Waals surface area contributed by atoms with Crippen LogP contribution in [0.5, 0.6) is 0 Å². The van der Waals surface area contributed by atoms with Crippen molar-refractivity contribution in [3.8, 4) is 0 Å². The van der Waals surface area contributed by atoms with Crippen LogP contribution >= 0.6 is 34.8 Å². The first kappa shape index (κ1) is 29.7. The topological polar surface area (TPSA) is 86.8 Å². The number of anilines is 1. The highest BCUT2D eigenvalue weighted by molar-refractivity contribution is 7.92. The van der Waals surface area contributed by atoms with Gasteiger partial charge >= 0.3 is 0 Å². The molecule has 0 bridgehead atoms. The number of nitrogens with zero attached hydrogens (tertiary/aromatic N) is 2. The average molecular weight is 601 g/mol. The average Bonchev–Trinajstić information content (AvgIpc) is 2.87. The Morgan fingerprint density at radius 1 is 0.921 bits per heavy atom. The van der Waals surface area contributed by atoms with Crippen molar-refractivity contribution in [1.29, 1.82) is 0 Å². The first-order valence-electron chi connectivity index (χ1n) is 11.3. The van der Waals surface area contributed by atoms with Crippen molar-refractivity contribution >= 4 is 62.3 Å². The predicted molar refractivity (Wildman–Crippen MR) is 149 cm³/mol. The Morgan fingerprint density at radius 2 is 1.53 bits per heavy atom. The zero-order chi connectivity index (χ0) is 28.0. The number of hydrogen-bond acceptors (Lipinski definition) is 4. The molecular formula is C26H25Cl3FN3O4S. The number of nitrogens with one attached hydrogen (secondary N) is 1. The van der Waals surface area contributed by atoms with Crippen molar-refractivity contribution in [2.45, 2.75) is 19.0 Å². The molecule has 0 heterocycles. The van der Waals surface area contributed by atoms with Gasteiger partial charge in [-0.05, 0) is 35.4 Å². The molecule has 7 nitrogen and oxygen atoms in total. The molecule has 0 saturated carbocycles. The molecule has 202 valence electrons. The molecule has 1 atom stereocenters. The number of sulfonamides is 1. The van der Waals surface area contributed by atoms with Gasteiger partial charge in [0.2, 0.25) is 21.8 Å². The highest BCUT2D eigenvalue weighted by Gasteiger charge is 2.33. The third kappa shape index (κ3) is 7.60. The van der Waals surface area contributed by atoms with Crippen molar-refractivity contribution in [1.82, 2.24) is 10.2 Å². The van der Waals surface area contributed by atoms with E-state index in [9.17, 15) is 22.4 Å². The summed E-state index contributed by atoms with van der Waals surface area (Å²) in [7, 11) is -2.59. The molecule has 38 heavy (non-hydrogen) atoms. The molecular weight excluding hydrogens is 576 g/mol.